The normalized spacial score (nSPS) is 13.1. The van der Waals surface area contributed by atoms with Crippen LogP contribution in [0.4, 0.5) is 13.2 Å². The van der Waals surface area contributed by atoms with Crippen LogP contribution in [0.5, 0.6) is 5.75 Å². The van der Waals surface area contributed by atoms with E-state index in [-0.39, 0.29) is 5.56 Å². The first-order valence-corrected chi connectivity index (χ1v) is 5.84. The molecule has 0 saturated heterocycles. The molecule has 0 bridgehead atoms. The lowest BCUT2D eigenvalue weighted by Crippen LogP contribution is -2.18. The minimum atomic E-state index is -4.44. The maximum Gasteiger partial charge on any atom is 0.416 e. The molecular weight excluding hydrogens is 269 g/mol. The van der Waals surface area contributed by atoms with Crippen LogP contribution in [0, 0.1) is 0 Å². The van der Waals surface area contributed by atoms with Crippen LogP contribution in [0.1, 0.15) is 22.7 Å². The first-order valence-electron chi connectivity index (χ1n) is 5.84. The van der Waals surface area contributed by atoms with E-state index in [1.165, 1.54) is 37.7 Å². The van der Waals surface area contributed by atoms with Crippen LogP contribution >= 0.6 is 0 Å². The lowest BCUT2D eigenvalue weighted by atomic mass is 9.96. The number of rotatable bonds is 3. The van der Waals surface area contributed by atoms with Gasteiger partial charge < -0.3 is 10.5 Å². The number of nitrogens with zero attached hydrogens (tertiary/aromatic N) is 1. The van der Waals surface area contributed by atoms with E-state index >= 15 is 0 Å². The van der Waals surface area contributed by atoms with E-state index in [4.69, 9.17) is 10.5 Å². The first kappa shape index (κ1) is 14.3. The Morgan fingerprint density at radius 1 is 1.20 bits per heavy atom. The second-order valence-electron chi connectivity index (χ2n) is 4.22. The molecule has 1 unspecified atom stereocenters. The van der Waals surface area contributed by atoms with Gasteiger partial charge in [0, 0.05) is 6.20 Å². The average molecular weight is 282 g/mol. The quantitative estimate of drug-likeness (QED) is 0.940. The number of ether oxygens (including phenoxy) is 1. The van der Waals surface area contributed by atoms with Crippen molar-refractivity contribution in [3.8, 4) is 5.75 Å². The zero-order valence-electron chi connectivity index (χ0n) is 10.7. The zero-order valence-corrected chi connectivity index (χ0v) is 10.7. The zero-order chi connectivity index (χ0) is 14.8. The summed E-state index contributed by atoms with van der Waals surface area (Å²) in [5.41, 5.74) is 5.67. The minimum absolute atomic E-state index is 0.00931. The van der Waals surface area contributed by atoms with Crippen LogP contribution in [-0.4, -0.2) is 12.1 Å². The molecule has 2 N–H and O–H groups in total. The highest BCUT2D eigenvalue weighted by Crippen LogP contribution is 2.35. The van der Waals surface area contributed by atoms with E-state index in [0.29, 0.717) is 11.3 Å². The molecular formula is C14H13F3N2O. The van der Waals surface area contributed by atoms with Gasteiger partial charge in [-0.05, 0) is 23.3 Å². The number of pyridine rings is 1. The Bertz CT molecular complexity index is 599. The molecule has 1 heterocycles. The van der Waals surface area contributed by atoms with Crippen molar-refractivity contribution in [2.75, 3.05) is 7.11 Å². The maximum absolute atomic E-state index is 13.0. The van der Waals surface area contributed by atoms with Gasteiger partial charge in [0.25, 0.3) is 0 Å². The summed E-state index contributed by atoms with van der Waals surface area (Å²) in [4.78, 5) is 3.91. The molecule has 0 aliphatic carbocycles. The summed E-state index contributed by atoms with van der Waals surface area (Å²) in [6.45, 7) is 0. The second kappa shape index (κ2) is 5.50. The number of alkyl halides is 3. The van der Waals surface area contributed by atoms with Gasteiger partial charge >= 0.3 is 6.18 Å². The van der Waals surface area contributed by atoms with E-state index in [9.17, 15) is 13.2 Å². The van der Waals surface area contributed by atoms with E-state index in [2.05, 4.69) is 4.98 Å². The smallest absolute Gasteiger partial charge is 0.416 e. The van der Waals surface area contributed by atoms with Gasteiger partial charge in [0.05, 0.1) is 24.9 Å². The summed E-state index contributed by atoms with van der Waals surface area (Å²) in [7, 11) is 1.45. The van der Waals surface area contributed by atoms with Crippen LogP contribution in [-0.2, 0) is 6.18 Å². The van der Waals surface area contributed by atoms with Gasteiger partial charge in [-0.25, -0.2) is 0 Å². The third-order valence-electron chi connectivity index (χ3n) is 2.93. The van der Waals surface area contributed by atoms with Crippen LogP contribution < -0.4 is 10.5 Å². The molecule has 106 valence electrons. The van der Waals surface area contributed by atoms with Crippen molar-refractivity contribution in [1.29, 1.82) is 0 Å². The molecule has 1 aromatic heterocycles. The largest absolute Gasteiger partial charge is 0.495 e. The standard InChI is InChI=1S/C14H13F3N2O/c1-20-10-6-9(7-19-8-10)13(18)11-4-2-3-5-12(11)14(15,16)17/h2-8,13H,18H2,1H3. The fourth-order valence-electron chi connectivity index (χ4n) is 1.92. The molecule has 0 fully saturated rings. The number of benzene rings is 1. The molecule has 20 heavy (non-hydrogen) atoms. The summed E-state index contributed by atoms with van der Waals surface area (Å²) in [5.74, 6) is 0.447. The molecule has 0 saturated carbocycles. The van der Waals surface area contributed by atoms with Crippen molar-refractivity contribution in [1.82, 2.24) is 4.98 Å². The Hall–Kier alpha value is -2.08. The molecule has 0 spiro atoms. The Morgan fingerprint density at radius 3 is 2.55 bits per heavy atom. The summed E-state index contributed by atoms with van der Waals surface area (Å²) in [6.07, 6.45) is -1.55. The second-order valence-corrected chi connectivity index (χ2v) is 4.22. The molecule has 0 radical (unpaired) electrons. The van der Waals surface area contributed by atoms with Crippen molar-refractivity contribution >= 4 is 0 Å². The summed E-state index contributed by atoms with van der Waals surface area (Å²) in [5, 5.41) is 0. The Balaban J connectivity index is 2.45. The van der Waals surface area contributed by atoms with Crippen LogP contribution in [0.2, 0.25) is 0 Å². The monoisotopic (exact) mass is 282 g/mol. The van der Waals surface area contributed by atoms with Crippen molar-refractivity contribution < 1.29 is 17.9 Å². The third kappa shape index (κ3) is 2.91. The van der Waals surface area contributed by atoms with Gasteiger partial charge in [-0.2, -0.15) is 13.2 Å². The molecule has 0 aliphatic rings. The predicted molar refractivity (Wildman–Crippen MR) is 68.3 cm³/mol. The number of methoxy groups -OCH3 is 1. The number of aromatic nitrogens is 1. The van der Waals surface area contributed by atoms with Crippen molar-refractivity contribution in [3.05, 3.63) is 59.4 Å². The molecule has 6 heteroatoms. The fraction of sp³-hybridized carbons (Fsp3) is 0.214. The molecule has 2 aromatic rings. The maximum atomic E-state index is 13.0. The van der Waals surface area contributed by atoms with Crippen molar-refractivity contribution in [2.24, 2.45) is 5.73 Å². The predicted octanol–water partition coefficient (Wildman–Crippen LogP) is 3.16. The van der Waals surface area contributed by atoms with Gasteiger partial charge in [0.1, 0.15) is 5.75 Å². The highest BCUT2D eigenvalue weighted by atomic mass is 19.4. The fourth-order valence-corrected chi connectivity index (χ4v) is 1.92. The molecule has 0 amide bonds. The van der Waals surface area contributed by atoms with Crippen LogP contribution in [0.25, 0.3) is 0 Å². The number of nitrogens with two attached hydrogens (primary N) is 1. The van der Waals surface area contributed by atoms with E-state index in [1.807, 2.05) is 0 Å². The number of halogens is 3. The van der Waals surface area contributed by atoms with Gasteiger partial charge in [0.15, 0.2) is 0 Å². The van der Waals surface area contributed by atoms with Crippen LogP contribution in [0.3, 0.4) is 0 Å². The molecule has 2 rings (SSSR count). The van der Waals surface area contributed by atoms with Crippen LogP contribution in [0.15, 0.2) is 42.7 Å². The molecule has 1 atom stereocenters. The Kier molecular flexibility index (Phi) is 3.94. The van der Waals surface area contributed by atoms with E-state index in [1.54, 1.807) is 6.07 Å². The summed E-state index contributed by atoms with van der Waals surface area (Å²) >= 11 is 0. The third-order valence-corrected chi connectivity index (χ3v) is 2.93. The number of hydrogen-bond acceptors (Lipinski definition) is 3. The molecule has 3 nitrogen and oxygen atoms in total. The van der Waals surface area contributed by atoms with Crippen molar-refractivity contribution in [2.45, 2.75) is 12.2 Å². The van der Waals surface area contributed by atoms with Gasteiger partial charge in [-0.1, -0.05) is 18.2 Å². The van der Waals surface area contributed by atoms with E-state index < -0.39 is 17.8 Å². The van der Waals surface area contributed by atoms with Gasteiger partial charge in [0.2, 0.25) is 0 Å². The Morgan fingerprint density at radius 2 is 1.90 bits per heavy atom. The highest BCUT2D eigenvalue weighted by molar-refractivity contribution is 5.39. The Labute approximate surface area is 114 Å². The topological polar surface area (TPSA) is 48.1 Å². The number of hydrogen-bond donors (Lipinski definition) is 1. The van der Waals surface area contributed by atoms with Gasteiger partial charge in [-0.3, -0.25) is 4.98 Å². The molecule has 1 aromatic carbocycles. The summed E-state index contributed by atoms with van der Waals surface area (Å²) < 4.78 is 43.9. The van der Waals surface area contributed by atoms with E-state index in [0.717, 1.165) is 6.07 Å². The molecule has 0 aliphatic heterocycles. The highest BCUT2D eigenvalue weighted by Gasteiger charge is 2.34. The lowest BCUT2D eigenvalue weighted by Gasteiger charge is -2.18. The first-order chi connectivity index (χ1) is 9.43. The summed E-state index contributed by atoms with van der Waals surface area (Å²) in [6, 6.07) is 5.90. The minimum Gasteiger partial charge on any atom is -0.495 e. The lowest BCUT2D eigenvalue weighted by molar-refractivity contribution is -0.138. The SMILES string of the molecule is COc1cncc(C(N)c2ccccc2C(F)(F)F)c1. The van der Waals surface area contributed by atoms with Gasteiger partial charge in [-0.15, -0.1) is 0 Å². The average Bonchev–Trinajstić information content (AvgIpc) is 2.45. The van der Waals surface area contributed by atoms with Crippen molar-refractivity contribution in [3.63, 3.8) is 0 Å².